The average Bonchev–Trinajstić information content (AvgIpc) is 3.74. The molecule has 3 N–H and O–H groups in total. The highest BCUT2D eigenvalue weighted by Crippen LogP contribution is 2.45. The summed E-state index contributed by atoms with van der Waals surface area (Å²) in [6.45, 7) is 7.26. The summed E-state index contributed by atoms with van der Waals surface area (Å²) in [5.41, 5.74) is 0. The third-order valence-corrected chi connectivity index (χ3v) is 18.9. The van der Waals surface area contributed by atoms with Crippen molar-refractivity contribution in [2.24, 2.45) is 5.92 Å². The Hall–Kier alpha value is -1.94. The molecule has 5 atom stereocenters. The van der Waals surface area contributed by atoms with Crippen LogP contribution in [0.4, 0.5) is 0 Å². The maximum atomic E-state index is 13.1. The minimum atomic E-state index is -4.95. The summed E-state index contributed by atoms with van der Waals surface area (Å²) in [6.07, 6.45) is 54.1. The normalized spacial score (nSPS) is 14.0. The van der Waals surface area contributed by atoms with Crippen LogP contribution in [0.2, 0.25) is 0 Å². The van der Waals surface area contributed by atoms with Gasteiger partial charge in [-0.2, -0.15) is 0 Å². The van der Waals surface area contributed by atoms with E-state index >= 15 is 0 Å². The third-order valence-electron chi connectivity index (χ3n) is 17.0. The highest BCUT2D eigenvalue weighted by Gasteiger charge is 2.30. The van der Waals surface area contributed by atoms with Crippen LogP contribution < -0.4 is 0 Å². The zero-order valence-corrected chi connectivity index (χ0v) is 61.5. The molecule has 0 radical (unpaired) electrons. The second kappa shape index (κ2) is 66.3. The molecule has 0 amide bonds. The number of carbonyl (C=O) groups is 4. The molecule has 546 valence electrons. The summed E-state index contributed by atoms with van der Waals surface area (Å²) in [4.78, 5) is 72.5. The summed E-state index contributed by atoms with van der Waals surface area (Å²) in [5, 5.41) is 10.6. The van der Waals surface area contributed by atoms with E-state index in [-0.39, 0.29) is 25.7 Å². The van der Waals surface area contributed by atoms with Crippen molar-refractivity contribution < 1.29 is 80.2 Å². The summed E-state index contributed by atoms with van der Waals surface area (Å²) >= 11 is 0. The molecule has 0 bridgehead atoms. The number of rotatable bonds is 73. The van der Waals surface area contributed by atoms with E-state index in [1.807, 2.05) is 0 Å². The zero-order valence-electron chi connectivity index (χ0n) is 59.7. The summed E-state index contributed by atoms with van der Waals surface area (Å²) < 4.78 is 68.3. The Labute approximate surface area is 562 Å². The molecule has 0 heterocycles. The lowest BCUT2D eigenvalue weighted by molar-refractivity contribution is -0.161. The fourth-order valence-corrected chi connectivity index (χ4v) is 12.8. The van der Waals surface area contributed by atoms with Crippen molar-refractivity contribution in [3.63, 3.8) is 0 Å². The van der Waals surface area contributed by atoms with Gasteiger partial charge in [-0.05, 0) is 31.6 Å². The first-order chi connectivity index (χ1) is 44.5. The van der Waals surface area contributed by atoms with Gasteiger partial charge in [0, 0.05) is 25.7 Å². The second-order valence-electron chi connectivity index (χ2n) is 26.8. The van der Waals surface area contributed by atoms with Crippen LogP contribution in [0.1, 0.15) is 381 Å². The van der Waals surface area contributed by atoms with Crippen LogP contribution in [0.3, 0.4) is 0 Å². The van der Waals surface area contributed by atoms with E-state index in [2.05, 4.69) is 34.6 Å². The first kappa shape index (κ1) is 90.1. The van der Waals surface area contributed by atoms with E-state index in [4.69, 9.17) is 37.0 Å². The van der Waals surface area contributed by atoms with Crippen LogP contribution >= 0.6 is 15.6 Å². The average molecular weight is 1350 g/mol. The lowest BCUT2D eigenvalue weighted by atomic mass is 10.0. The quantitative estimate of drug-likeness (QED) is 0.0222. The van der Waals surface area contributed by atoms with Gasteiger partial charge in [-0.3, -0.25) is 37.3 Å². The van der Waals surface area contributed by atoms with Gasteiger partial charge in [0.05, 0.1) is 26.4 Å². The van der Waals surface area contributed by atoms with Crippen molar-refractivity contribution in [1.82, 2.24) is 0 Å². The van der Waals surface area contributed by atoms with E-state index in [1.165, 1.54) is 199 Å². The molecule has 0 aliphatic heterocycles. The Morgan fingerprint density at radius 1 is 0.293 bits per heavy atom. The molecular weight excluding hydrogens is 1210 g/mol. The Bertz CT molecular complexity index is 1770. The second-order valence-corrected chi connectivity index (χ2v) is 29.7. The maximum Gasteiger partial charge on any atom is 0.472 e. The van der Waals surface area contributed by atoms with Crippen LogP contribution in [-0.4, -0.2) is 96.7 Å². The van der Waals surface area contributed by atoms with Gasteiger partial charge in [-0.1, -0.05) is 330 Å². The highest BCUT2D eigenvalue weighted by molar-refractivity contribution is 7.47. The molecule has 0 fully saturated rings. The molecule has 92 heavy (non-hydrogen) atoms. The minimum absolute atomic E-state index is 0.107. The molecule has 0 rings (SSSR count). The van der Waals surface area contributed by atoms with Gasteiger partial charge in [0.1, 0.15) is 19.3 Å². The molecule has 17 nitrogen and oxygen atoms in total. The van der Waals surface area contributed by atoms with Crippen molar-refractivity contribution in [3.05, 3.63) is 0 Å². The maximum absolute atomic E-state index is 13.1. The number of hydrogen-bond donors (Lipinski definition) is 3. The number of aliphatic hydroxyl groups is 1. The SMILES string of the molecule is CCCCCCCCCCCCCCCCCCC(=O)OC[C@H](COP(=O)(O)OC[C@@H](O)COP(=O)(O)OC[C@@H](COC(=O)CCCCCCCCCC)OC(=O)CCCCCCCCCCCC)OC(=O)CCCCCCCCCCCCCCCCCC(C)C. The van der Waals surface area contributed by atoms with Gasteiger partial charge in [-0.15, -0.1) is 0 Å². The van der Waals surface area contributed by atoms with E-state index in [1.54, 1.807) is 0 Å². The van der Waals surface area contributed by atoms with Gasteiger partial charge in [0.15, 0.2) is 12.2 Å². The van der Waals surface area contributed by atoms with Crippen molar-refractivity contribution in [3.8, 4) is 0 Å². The van der Waals surface area contributed by atoms with Gasteiger partial charge in [0.25, 0.3) is 0 Å². The Morgan fingerprint density at radius 2 is 0.500 bits per heavy atom. The molecule has 0 aromatic rings. The van der Waals surface area contributed by atoms with Crippen LogP contribution in [0.15, 0.2) is 0 Å². The lowest BCUT2D eigenvalue weighted by Gasteiger charge is -2.21. The number of phosphoric acid groups is 2. The topological polar surface area (TPSA) is 237 Å². The Kier molecular flexibility index (Phi) is 64.9. The Balaban J connectivity index is 5.19. The summed E-state index contributed by atoms with van der Waals surface area (Å²) in [5.74, 6) is -1.32. The number of hydrogen-bond acceptors (Lipinski definition) is 15. The van der Waals surface area contributed by atoms with Crippen LogP contribution in [-0.2, 0) is 65.4 Å². The molecule has 2 unspecified atom stereocenters. The molecule has 0 aliphatic carbocycles. The molecule has 0 saturated carbocycles. The molecule has 0 aromatic carbocycles. The number of aliphatic hydroxyl groups excluding tert-OH is 1. The van der Waals surface area contributed by atoms with Crippen LogP contribution in [0, 0.1) is 5.92 Å². The number of phosphoric ester groups is 2. The molecule has 19 heteroatoms. The van der Waals surface area contributed by atoms with Crippen molar-refractivity contribution in [2.75, 3.05) is 39.6 Å². The fourth-order valence-electron chi connectivity index (χ4n) is 11.2. The van der Waals surface area contributed by atoms with E-state index in [0.29, 0.717) is 25.7 Å². The van der Waals surface area contributed by atoms with Gasteiger partial charge >= 0.3 is 39.5 Å². The molecule has 0 spiro atoms. The van der Waals surface area contributed by atoms with Crippen LogP contribution in [0.5, 0.6) is 0 Å². The first-order valence-electron chi connectivity index (χ1n) is 38.1. The number of esters is 4. The zero-order chi connectivity index (χ0) is 67.7. The van der Waals surface area contributed by atoms with Crippen LogP contribution in [0.25, 0.3) is 0 Å². The fraction of sp³-hybridized carbons (Fsp3) is 0.945. The Morgan fingerprint density at radius 3 is 0.739 bits per heavy atom. The smallest absolute Gasteiger partial charge is 0.462 e. The van der Waals surface area contributed by atoms with Gasteiger partial charge < -0.3 is 33.8 Å². The molecule has 0 aliphatic rings. The first-order valence-corrected chi connectivity index (χ1v) is 41.1. The third kappa shape index (κ3) is 66.7. The van der Waals surface area contributed by atoms with E-state index < -0.39 is 97.5 Å². The van der Waals surface area contributed by atoms with Gasteiger partial charge in [0.2, 0.25) is 0 Å². The largest absolute Gasteiger partial charge is 0.472 e. The monoisotopic (exact) mass is 1350 g/mol. The number of ether oxygens (including phenoxy) is 4. The van der Waals surface area contributed by atoms with E-state index in [9.17, 15) is 43.2 Å². The number of unbranched alkanes of at least 4 members (excludes halogenated alkanes) is 45. The lowest BCUT2D eigenvalue weighted by Crippen LogP contribution is -2.30. The summed E-state index contributed by atoms with van der Waals surface area (Å²) in [6, 6.07) is 0. The predicted molar refractivity (Wildman–Crippen MR) is 372 cm³/mol. The van der Waals surface area contributed by atoms with Crippen molar-refractivity contribution in [1.29, 1.82) is 0 Å². The van der Waals surface area contributed by atoms with Crippen molar-refractivity contribution in [2.45, 2.75) is 400 Å². The highest BCUT2D eigenvalue weighted by atomic mass is 31.2. The standard InChI is InChI=1S/C73H142O17P2/c1-6-9-12-15-18-21-23-24-25-28-31-34-38-42-47-52-57-71(76)84-63-69(90-73(78)59-54-49-44-39-35-32-29-26-27-30-33-36-40-45-50-55-66(4)5)65-88-92(81,82)86-61-67(74)60-85-91(79,80)87-64-68(62-83-70(75)56-51-46-41-20-17-14-11-8-3)89-72(77)58-53-48-43-37-22-19-16-13-10-7-2/h66-69,74H,6-65H2,1-5H3,(H,79,80)(H,81,82)/t67-,68+,69+/m0/s1. The predicted octanol–water partition coefficient (Wildman–Crippen LogP) is 21.3. The number of carbonyl (C=O) groups excluding carboxylic acids is 4. The van der Waals surface area contributed by atoms with Crippen molar-refractivity contribution >= 4 is 39.5 Å². The minimum Gasteiger partial charge on any atom is -0.462 e. The van der Waals surface area contributed by atoms with E-state index in [0.717, 1.165) is 102 Å². The molecule has 0 saturated heterocycles. The molecule has 0 aromatic heterocycles. The van der Waals surface area contributed by atoms with Gasteiger partial charge in [-0.25, -0.2) is 9.13 Å². The molecular formula is C73H142O17P2. The summed E-state index contributed by atoms with van der Waals surface area (Å²) in [7, 11) is -9.90.